The van der Waals surface area contributed by atoms with E-state index in [4.69, 9.17) is 9.47 Å². The molecule has 1 heterocycles. The summed E-state index contributed by atoms with van der Waals surface area (Å²) >= 11 is 0. The molecule has 0 unspecified atom stereocenters. The van der Waals surface area contributed by atoms with Gasteiger partial charge in [0.05, 0.1) is 13.7 Å². The third-order valence-electron chi connectivity index (χ3n) is 3.20. The van der Waals surface area contributed by atoms with E-state index in [2.05, 4.69) is 15.3 Å². The molecule has 0 radical (unpaired) electrons. The Morgan fingerprint density at radius 1 is 1.41 bits per heavy atom. The zero-order valence-corrected chi connectivity index (χ0v) is 10.4. The minimum atomic E-state index is 0.520. The fourth-order valence-corrected chi connectivity index (χ4v) is 1.93. The topological polar surface area (TPSA) is 56.3 Å². The van der Waals surface area contributed by atoms with Crippen molar-refractivity contribution in [1.82, 2.24) is 9.97 Å². The molecule has 1 aromatic heterocycles. The Hall–Kier alpha value is -1.52. The van der Waals surface area contributed by atoms with Crippen LogP contribution in [0.4, 0.5) is 5.82 Å². The van der Waals surface area contributed by atoms with Gasteiger partial charge in [-0.2, -0.15) is 4.98 Å². The summed E-state index contributed by atoms with van der Waals surface area (Å²) in [5.74, 6) is 2.59. The molecule has 1 aliphatic rings. The van der Waals surface area contributed by atoms with Crippen molar-refractivity contribution >= 4 is 5.82 Å². The zero-order chi connectivity index (χ0) is 12.1. The largest absolute Gasteiger partial charge is 0.489 e. The second kappa shape index (κ2) is 5.70. The minimum absolute atomic E-state index is 0.520. The standard InChI is InChI=1S/C12H19N3O2/c1-13-11-10(16-2)12(15-8-14-11)17-7-6-9-4-3-5-9/h8-9H,3-7H2,1-2H3,(H,13,14,15). The second-order valence-corrected chi connectivity index (χ2v) is 4.24. The highest BCUT2D eigenvalue weighted by atomic mass is 16.5. The van der Waals surface area contributed by atoms with Crippen LogP contribution in [-0.2, 0) is 0 Å². The Morgan fingerprint density at radius 2 is 2.24 bits per heavy atom. The smallest absolute Gasteiger partial charge is 0.262 e. The highest BCUT2D eigenvalue weighted by Gasteiger charge is 2.18. The lowest BCUT2D eigenvalue weighted by Crippen LogP contribution is -2.15. The summed E-state index contributed by atoms with van der Waals surface area (Å²) in [4.78, 5) is 8.17. The normalized spacial score (nSPS) is 15.2. The molecule has 0 aliphatic heterocycles. The van der Waals surface area contributed by atoms with E-state index in [0.29, 0.717) is 24.1 Å². The third-order valence-corrected chi connectivity index (χ3v) is 3.20. The predicted molar refractivity (Wildman–Crippen MR) is 65.6 cm³/mol. The van der Waals surface area contributed by atoms with Crippen molar-refractivity contribution in [3.63, 3.8) is 0 Å². The quantitative estimate of drug-likeness (QED) is 0.821. The van der Waals surface area contributed by atoms with Crippen LogP contribution in [0.5, 0.6) is 11.6 Å². The van der Waals surface area contributed by atoms with E-state index in [1.165, 1.54) is 25.6 Å². The van der Waals surface area contributed by atoms with Gasteiger partial charge < -0.3 is 14.8 Å². The maximum absolute atomic E-state index is 5.66. The first-order valence-electron chi connectivity index (χ1n) is 6.04. The van der Waals surface area contributed by atoms with Gasteiger partial charge in [-0.3, -0.25) is 0 Å². The summed E-state index contributed by atoms with van der Waals surface area (Å²) < 4.78 is 10.9. The molecule has 0 amide bonds. The van der Waals surface area contributed by atoms with Gasteiger partial charge in [0.25, 0.3) is 5.88 Å². The molecule has 0 atom stereocenters. The summed E-state index contributed by atoms with van der Waals surface area (Å²) in [7, 11) is 3.39. The second-order valence-electron chi connectivity index (χ2n) is 4.24. The Morgan fingerprint density at radius 3 is 2.82 bits per heavy atom. The molecule has 94 valence electrons. The first-order chi connectivity index (χ1) is 8.35. The van der Waals surface area contributed by atoms with Crippen molar-refractivity contribution in [3.05, 3.63) is 6.33 Å². The Kier molecular flexibility index (Phi) is 4.01. The summed E-state index contributed by atoms with van der Waals surface area (Å²) in [6.07, 6.45) is 6.62. The van der Waals surface area contributed by atoms with E-state index in [0.717, 1.165) is 12.3 Å². The molecule has 5 heteroatoms. The molecule has 1 aliphatic carbocycles. The molecule has 1 saturated carbocycles. The number of hydrogen-bond donors (Lipinski definition) is 1. The lowest BCUT2D eigenvalue weighted by molar-refractivity contribution is 0.211. The van der Waals surface area contributed by atoms with E-state index < -0.39 is 0 Å². The van der Waals surface area contributed by atoms with E-state index in [1.807, 2.05) is 0 Å². The number of rotatable bonds is 6. The van der Waals surface area contributed by atoms with E-state index in [-0.39, 0.29) is 0 Å². The Balaban J connectivity index is 1.93. The van der Waals surface area contributed by atoms with Gasteiger partial charge in [-0.1, -0.05) is 19.3 Å². The van der Waals surface area contributed by atoms with Gasteiger partial charge >= 0.3 is 0 Å². The fraction of sp³-hybridized carbons (Fsp3) is 0.667. The maximum Gasteiger partial charge on any atom is 0.262 e. The summed E-state index contributed by atoms with van der Waals surface area (Å²) in [5.41, 5.74) is 0. The van der Waals surface area contributed by atoms with Crippen molar-refractivity contribution in [2.24, 2.45) is 5.92 Å². The molecule has 1 fully saturated rings. The third kappa shape index (κ3) is 2.78. The van der Waals surface area contributed by atoms with Crippen LogP contribution < -0.4 is 14.8 Å². The van der Waals surface area contributed by atoms with Gasteiger partial charge in [0.1, 0.15) is 6.33 Å². The number of nitrogens with zero attached hydrogens (tertiary/aromatic N) is 2. The molecular weight excluding hydrogens is 218 g/mol. The van der Waals surface area contributed by atoms with E-state index >= 15 is 0 Å². The predicted octanol–water partition coefficient (Wildman–Crippen LogP) is 2.10. The van der Waals surface area contributed by atoms with Gasteiger partial charge in [-0.05, 0) is 12.3 Å². The van der Waals surface area contributed by atoms with Crippen molar-refractivity contribution in [3.8, 4) is 11.6 Å². The molecule has 0 saturated heterocycles. The van der Waals surface area contributed by atoms with Crippen molar-refractivity contribution in [1.29, 1.82) is 0 Å². The van der Waals surface area contributed by atoms with E-state index in [9.17, 15) is 0 Å². The molecule has 1 N–H and O–H groups in total. The summed E-state index contributed by atoms with van der Waals surface area (Å²) in [6.45, 7) is 0.696. The highest BCUT2D eigenvalue weighted by Crippen LogP contribution is 2.32. The molecule has 0 spiro atoms. The average molecular weight is 237 g/mol. The van der Waals surface area contributed by atoms with Gasteiger partial charge in [-0.15, -0.1) is 0 Å². The number of methoxy groups -OCH3 is 1. The fourth-order valence-electron chi connectivity index (χ4n) is 1.93. The minimum Gasteiger partial charge on any atom is -0.489 e. The monoisotopic (exact) mass is 237 g/mol. The number of ether oxygens (including phenoxy) is 2. The number of anilines is 1. The first kappa shape index (κ1) is 12.0. The van der Waals surface area contributed by atoms with Crippen LogP contribution in [0.2, 0.25) is 0 Å². The molecule has 17 heavy (non-hydrogen) atoms. The maximum atomic E-state index is 5.66. The summed E-state index contributed by atoms with van der Waals surface area (Å²) in [5, 5.41) is 2.95. The number of nitrogens with one attached hydrogen (secondary N) is 1. The van der Waals surface area contributed by atoms with Gasteiger partial charge in [0.2, 0.25) is 5.75 Å². The molecule has 1 aromatic rings. The lowest BCUT2D eigenvalue weighted by atomic mass is 9.83. The Bertz CT molecular complexity index is 367. The van der Waals surface area contributed by atoms with Crippen molar-refractivity contribution in [2.75, 3.05) is 26.1 Å². The molecule has 0 bridgehead atoms. The van der Waals surface area contributed by atoms with Gasteiger partial charge in [-0.25, -0.2) is 4.98 Å². The molecular formula is C12H19N3O2. The van der Waals surface area contributed by atoms with Crippen LogP contribution in [0, 0.1) is 5.92 Å². The average Bonchev–Trinajstić information content (AvgIpc) is 2.31. The molecule has 5 nitrogen and oxygen atoms in total. The van der Waals surface area contributed by atoms with Crippen molar-refractivity contribution in [2.45, 2.75) is 25.7 Å². The summed E-state index contributed by atoms with van der Waals surface area (Å²) in [6, 6.07) is 0. The van der Waals surface area contributed by atoms with Crippen LogP contribution in [0.3, 0.4) is 0 Å². The van der Waals surface area contributed by atoms with Crippen LogP contribution in [0.1, 0.15) is 25.7 Å². The molecule has 0 aromatic carbocycles. The Labute approximate surface area is 102 Å². The van der Waals surface area contributed by atoms with Crippen LogP contribution >= 0.6 is 0 Å². The van der Waals surface area contributed by atoms with Crippen LogP contribution in [-0.4, -0.2) is 30.7 Å². The van der Waals surface area contributed by atoms with Crippen molar-refractivity contribution < 1.29 is 9.47 Å². The first-order valence-corrected chi connectivity index (χ1v) is 6.04. The highest BCUT2D eigenvalue weighted by molar-refractivity contribution is 5.54. The van der Waals surface area contributed by atoms with Crippen LogP contribution in [0.15, 0.2) is 6.33 Å². The van der Waals surface area contributed by atoms with Crippen LogP contribution in [0.25, 0.3) is 0 Å². The lowest BCUT2D eigenvalue weighted by Gasteiger charge is -2.25. The SMILES string of the molecule is CNc1ncnc(OCCC2CCC2)c1OC. The van der Waals surface area contributed by atoms with E-state index in [1.54, 1.807) is 14.2 Å². The zero-order valence-electron chi connectivity index (χ0n) is 10.4. The number of aromatic nitrogens is 2. The number of hydrogen-bond acceptors (Lipinski definition) is 5. The van der Waals surface area contributed by atoms with Gasteiger partial charge in [0.15, 0.2) is 5.82 Å². The molecule has 2 rings (SSSR count). The van der Waals surface area contributed by atoms with Gasteiger partial charge in [0, 0.05) is 7.05 Å².